The molecule has 1 heterocycles. The van der Waals surface area contributed by atoms with Crippen LogP contribution in [-0.4, -0.2) is 58.5 Å². The van der Waals surface area contributed by atoms with Gasteiger partial charge in [-0.25, -0.2) is 16.8 Å². The molecule has 3 aromatic rings. The Balaban J connectivity index is 1.28. The number of piperidine rings is 1. The molecule has 192 valence electrons. The second kappa shape index (κ2) is 11.0. The van der Waals surface area contributed by atoms with Crippen LogP contribution in [0.2, 0.25) is 0 Å². The van der Waals surface area contributed by atoms with Crippen LogP contribution in [0, 0.1) is 0 Å². The lowest BCUT2D eigenvalue weighted by atomic mass is 10.0. The third-order valence-electron chi connectivity index (χ3n) is 6.21. The summed E-state index contributed by atoms with van der Waals surface area (Å²) in [6.45, 7) is 2.44. The second-order valence-corrected chi connectivity index (χ2v) is 12.7. The summed E-state index contributed by atoms with van der Waals surface area (Å²) in [5.41, 5.74) is 1.63. The summed E-state index contributed by atoms with van der Waals surface area (Å²) in [6.07, 6.45) is 2.68. The Kier molecular flexibility index (Phi) is 7.99. The van der Waals surface area contributed by atoms with Crippen molar-refractivity contribution in [1.29, 1.82) is 0 Å². The molecule has 0 radical (unpaired) electrons. The molecule has 1 saturated heterocycles. The number of anilines is 1. The average Bonchev–Trinajstić information content (AvgIpc) is 2.86. The summed E-state index contributed by atoms with van der Waals surface area (Å²) >= 11 is 0. The fraction of sp³-hybridized carbons (Fsp3) is 0.308. The molecular formula is C26H31N3O5S2. The van der Waals surface area contributed by atoms with Gasteiger partial charge in [0.2, 0.25) is 20.0 Å². The molecule has 3 aromatic carbocycles. The van der Waals surface area contributed by atoms with Gasteiger partial charge in [-0.05, 0) is 66.9 Å². The van der Waals surface area contributed by atoms with Gasteiger partial charge < -0.3 is 4.74 Å². The minimum absolute atomic E-state index is 0.0127. The van der Waals surface area contributed by atoms with Crippen LogP contribution < -0.4 is 9.46 Å². The molecule has 1 fully saturated rings. The van der Waals surface area contributed by atoms with Crippen LogP contribution in [-0.2, 0) is 26.6 Å². The van der Waals surface area contributed by atoms with Gasteiger partial charge in [-0.15, -0.1) is 0 Å². The van der Waals surface area contributed by atoms with Gasteiger partial charge >= 0.3 is 0 Å². The lowest BCUT2D eigenvalue weighted by molar-refractivity contribution is 0.164. The van der Waals surface area contributed by atoms with Crippen molar-refractivity contribution in [3.05, 3.63) is 84.4 Å². The molecule has 1 aliphatic heterocycles. The van der Waals surface area contributed by atoms with Crippen LogP contribution in [0.3, 0.4) is 0 Å². The van der Waals surface area contributed by atoms with Crippen LogP contribution in [0.4, 0.5) is 5.69 Å². The first-order valence-electron chi connectivity index (χ1n) is 11.7. The summed E-state index contributed by atoms with van der Waals surface area (Å²) < 4.78 is 58.3. The largest absolute Gasteiger partial charge is 0.457 e. The molecule has 4 rings (SSSR count). The summed E-state index contributed by atoms with van der Waals surface area (Å²) in [4.78, 5) is 2.67. The van der Waals surface area contributed by atoms with Crippen molar-refractivity contribution in [3.8, 4) is 11.5 Å². The number of nitrogens with zero attached hydrogens (tertiary/aromatic N) is 2. The van der Waals surface area contributed by atoms with E-state index in [1.54, 1.807) is 55.6 Å². The van der Waals surface area contributed by atoms with Gasteiger partial charge in [0, 0.05) is 38.4 Å². The fourth-order valence-corrected chi connectivity index (χ4v) is 6.26. The number of hydrogen-bond acceptors (Lipinski definition) is 6. The average molecular weight is 530 g/mol. The van der Waals surface area contributed by atoms with Gasteiger partial charge in [0.25, 0.3) is 0 Å². The Morgan fingerprint density at radius 3 is 1.97 bits per heavy atom. The third kappa shape index (κ3) is 6.85. The number of rotatable bonds is 9. The second-order valence-electron chi connectivity index (χ2n) is 8.99. The summed E-state index contributed by atoms with van der Waals surface area (Å²) in [6, 6.07) is 23.1. The summed E-state index contributed by atoms with van der Waals surface area (Å²) in [5.74, 6) is 1.30. The van der Waals surface area contributed by atoms with Crippen LogP contribution >= 0.6 is 0 Å². The Labute approximate surface area is 213 Å². The van der Waals surface area contributed by atoms with Crippen LogP contribution in [0.5, 0.6) is 11.5 Å². The molecule has 0 aromatic heterocycles. The monoisotopic (exact) mass is 529 g/mol. The maximum absolute atomic E-state index is 12.9. The first-order chi connectivity index (χ1) is 17.1. The van der Waals surface area contributed by atoms with Crippen molar-refractivity contribution in [1.82, 2.24) is 9.21 Å². The number of likely N-dealkylation sites (tertiary alicyclic amines) is 1. The first-order valence-corrected chi connectivity index (χ1v) is 15.0. The van der Waals surface area contributed by atoms with Crippen molar-refractivity contribution >= 4 is 25.7 Å². The van der Waals surface area contributed by atoms with E-state index in [1.165, 1.54) is 4.31 Å². The van der Waals surface area contributed by atoms with E-state index in [0.717, 1.165) is 44.3 Å². The zero-order chi connectivity index (χ0) is 25.8. The molecule has 1 aliphatic rings. The molecule has 0 atom stereocenters. The number of ether oxygens (including phenoxy) is 1. The molecule has 0 aliphatic carbocycles. The lowest BCUT2D eigenvalue weighted by Gasteiger charge is -2.36. The molecule has 8 nitrogen and oxygen atoms in total. The van der Waals surface area contributed by atoms with Gasteiger partial charge in [0.1, 0.15) is 11.5 Å². The molecule has 0 bridgehead atoms. The predicted molar refractivity (Wildman–Crippen MR) is 141 cm³/mol. The van der Waals surface area contributed by atoms with E-state index in [2.05, 4.69) is 9.62 Å². The van der Waals surface area contributed by atoms with Gasteiger partial charge in [-0.3, -0.25) is 9.62 Å². The number of benzene rings is 3. The lowest BCUT2D eigenvalue weighted by Crippen LogP contribution is -2.45. The molecule has 1 N–H and O–H groups in total. The first kappa shape index (κ1) is 26.2. The van der Waals surface area contributed by atoms with Gasteiger partial charge in [-0.2, -0.15) is 4.31 Å². The van der Waals surface area contributed by atoms with E-state index in [1.807, 2.05) is 30.3 Å². The van der Waals surface area contributed by atoms with E-state index < -0.39 is 20.0 Å². The quantitative estimate of drug-likeness (QED) is 0.448. The number of sulfonamides is 2. The minimum Gasteiger partial charge on any atom is -0.457 e. The van der Waals surface area contributed by atoms with Crippen molar-refractivity contribution in [2.75, 3.05) is 31.1 Å². The molecule has 0 spiro atoms. The molecule has 36 heavy (non-hydrogen) atoms. The number of hydrogen-bond donors (Lipinski definition) is 1. The van der Waals surface area contributed by atoms with Crippen LogP contribution in [0.15, 0.2) is 83.8 Å². The van der Waals surface area contributed by atoms with E-state index >= 15 is 0 Å². The normalized spacial score (nSPS) is 15.6. The third-order valence-corrected chi connectivity index (χ3v) is 8.75. The summed E-state index contributed by atoms with van der Waals surface area (Å²) in [5, 5.41) is 0. The van der Waals surface area contributed by atoms with Gasteiger partial charge in [-0.1, -0.05) is 30.3 Å². The Bertz CT molecular complexity index is 1350. The van der Waals surface area contributed by atoms with Gasteiger partial charge in [0.05, 0.1) is 11.2 Å². The van der Waals surface area contributed by atoms with Crippen molar-refractivity contribution < 1.29 is 21.6 Å². The fourth-order valence-electron chi connectivity index (χ4n) is 4.26. The Morgan fingerprint density at radius 1 is 0.861 bits per heavy atom. The highest BCUT2D eigenvalue weighted by molar-refractivity contribution is 7.92. The van der Waals surface area contributed by atoms with E-state index in [4.69, 9.17) is 4.74 Å². The molecule has 0 saturated carbocycles. The standard InChI is InChI=1S/C26H31N3O5S2/c1-28(36(32,33)26-6-4-3-5-7-26)23-16-18-29(19-17-23)20-21-8-12-24(13-9-21)34-25-14-10-22(11-15-25)27-35(2,30)31/h3-15,23,27H,16-20H2,1-2H3. The Hall–Kier alpha value is -2.92. The zero-order valence-electron chi connectivity index (χ0n) is 20.4. The predicted octanol–water partition coefficient (Wildman–Crippen LogP) is 4.14. The molecular weight excluding hydrogens is 498 g/mol. The summed E-state index contributed by atoms with van der Waals surface area (Å²) in [7, 11) is -5.12. The topological polar surface area (TPSA) is 96.0 Å². The maximum atomic E-state index is 12.9. The maximum Gasteiger partial charge on any atom is 0.243 e. The van der Waals surface area contributed by atoms with Crippen molar-refractivity contribution in [2.24, 2.45) is 0 Å². The minimum atomic E-state index is -3.49. The molecule has 0 amide bonds. The molecule has 10 heteroatoms. The SMILES string of the molecule is CN(C1CCN(Cc2ccc(Oc3ccc(NS(C)(=O)=O)cc3)cc2)CC1)S(=O)(=O)c1ccccc1. The van der Waals surface area contributed by atoms with Crippen molar-refractivity contribution in [3.63, 3.8) is 0 Å². The highest BCUT2D eigenvalue weighted by Crippen LogP contribution is 2.26. The highest BCUT2D eigenvalue weighted by Gasteiger charge is 2.30. The van der Waals surface area contributed by atoms with E-state index in [-0.39, 0.29) is 6.04 Å². The highest BCUT2D eigenvalue weighted by atomic mass is 32.2. The van der Waals surface area contributed by atoms with Gasteiger partial charge in [0.15, 0.2) is 0 Å². The molecule has 0 unspecified atom stereocenters. The van der Waals surface area contributed by atoms with E-state index in [9.17, 15) is 16.8 Å². The zero-order valence-corrected chi connectivity index (χ0v) is 22.0. The van der Waals surface area contributed by atoms with Crippen molar-refractivity contribution in [2.45, 2.75) is 30.3 Å². The number of nitrogens with one attached hydrogen (secondary N) is 1. The smallest absolute Gasteiger partial charge is 0.243 e. The van der Waals surface area contributed by atoms with Crippen LogP contribution in [0.1, 0.15) is 18.4 Å². The van der Waals surface area contributed by atoms with Crippen LogP contribution in [0.25, 0.3) is 0 Å². The van der Waals surface area contributed by atoms with E-state index in [0.29, 0.717) is 22.1 Å². The Morgan fingerprint density at radius 2 is 1.42 bits per heavy atom.